The predicted octanol–water partition coefficient (Wildman–Crippen LogP) is 3.12. The Kier molecular flexibility index (Phi) is 6.47. The molecule has 3 aromatic rings. The Balaban J connectivity index is 1.77. The van der Waals surface area contributed by atoms with Gasteiger partial charge in [0.15, 0.2) is 9.88 Å². The largest absolute Gasteiger partial charge is 0.494 e. The molecule has 2 aromatic carbocycles. The minimum Gasteiger partial charge on any atom is -0.494 e. The first-order valence-corrected chi connectivity index (χ1v) is 9.21. The maximum atomic E-state index is 13.1. The Labute approximate surface area is 175 Å². The molecule has 0 saturated heterocycles. The smallest absolute Gasteiger partial charge is 0.264 e. The molecule has 3 rings (SSSR count). The third kappa shape index (κ3) is 5.33. The minimum atomic E-state index is -0.602. The van der Waals surface area contributed by atoms with Crippen molar-refractivity contribution in [3.63, 3.8) is 0 Å². The van der Waals surface area contributed by atoms with Crippen molar-refractivity contribution < 1.29 is 9.50 Å². The maximum Gasteiger partial charge on any atom is 0.264 e. The van der Waals surface area contributed by atoms with E-state index in [2.05, 4.69) is 20.8 Å². The number of rotatable bonds is 5. The molecule has 1 heterocycles. The lowest BCUT2D eigenvalue weighted by atomic mass is 10.2. The van der Waals surface area contributed by atoms with Crippen LogP contribution in [0.2, 0.25) is 0 Å². The van der Waals surface area contributed by atoms with E-state index in [0.29, 0.717) is 5.56 Å². The number of halogens is 1. The SMILES string of the molecule is O=c1[nH]c(=S)n(Cc2ccc(F)cc2)c(O)c1C=NNC(=S)Nc1ccccc1. The number of aromatic hydroxyl groups is 1. The van der Waals surface area contributed by atoms with Crippen molar-refractivity contribution in [1.29, 1.82) is 0 Å². The van der Waals surface area contributed by atoms with Gasteiger partial charge in [-0.1, -0.05) is 30.3 Å². The number of nitrogens with one attached hydrogen (secondary N) is 3. The van der Waals surface area contributed by atoms with Gasteiger partial charge in [0.1, 0.15) is 11.4 Å². The van der Waals surface area contributed by atoms with E-state index in [4.69, 9.17) is 24.4 Å². The second-order valence-electron chi connectivity index (χ2n) is 5.90. The summed E-state index contributed by atoms with van der Waals surface area (Å²) in [4.78, 5) is 14.6. The molecule has 0 unspecified atom stereocenters. The van der Waals surface area contributed by atoms with Gasteiger partial charge in [-0.2, -0.15) is 5.10 Å². The maximum absolute atomic E-state index is 13.1. The van der Waals surface area contributed by atoms with Crippen molar-refractivity contribution >= 4 is 41.5 Å². The Morgan fingerprint density at radius 1 is 1.21 bits per heavy atom. The first kappa shape index (κ1) is 20.4. The summed E-state index contributed by atoms with van der Waals surface area (Å²) in [5.41, 5.74) is 3.34. The number of hydrogen-bond acceptors (Lipinski definition) is 5. The Morgan fingerprint density at radius 2 is 1.90 bits per heavy atom. The first-order chi connectivity index (χ1) is 13.9. The molecule has 10 heteroatoms. The van der Waals surface area contributed by atoms with Gasteiger partial charge in [0.25, 0.3) is 5.56 Å². The lowest BCUT2D eigenvalue weighted by molar-refractivity contribution is 0.411. The summed E-state index contributed by atoms with van der Waals surface area (Å²) in [5, 5.41) is 17.5. The molecular weight excluding hydrogens is 413 g/mol. The zero-order valence-electron chi connectivity index (χ0n) is 14.9. The molecule has 0 aliphatic rings. The Morgan fingerprint density at radius 3 is 2.59 bits per heavy atom. The van der Waals surface area contributed by atoms with Crippen molar-refractivity contribution in [1.82, 2.24) is 15.0 Å². The molecule has 0 atom stereocenters. The van der Waals surface area contributed by atoms with Crippen LogP contribution in [0.5, 0.6) is 5.88 Å². The van der Waals surface area contributed by atoms with Crippen LogP contribution < -0.4 is 16.3 Å². The fourth-order valence-corrected chi connectivity index (χ4v) is 2.86. The van der Waals surface area contributed by atoms with Gasteiger partial charge in [0.05, 0.1) is 12.8 Å². The third-order valence-corrected chi connectivity index (χ3v) is 4.37. The molecule has 0 radical (unpaired) electrons. The summed E-state index contributed by atoms with van der Waals surface area (Å²) < 4.78 is 14.4. The minimum absolute atomic E-state index is 0.0307. The monoisotopic (exact) mass is 429 g/mol. The molecule has 0 bridgehead atoms. The number of benzene rings is 2. The van der Waals surface area contributed by atoms with Gasteiger partial charge >= 0.3 is 0 Å². The van der Waals surface area contributed by atoms with Crippen LogP contribution in [0, 0.1) is 10.6 Å². The summed E-state index contributed by atoms with van der Waals surface area (Å²) in [6, 6.07) is 14.9. The predicted molar refractivity (Wildman–Crippen MR) is 116 cm³/mol. The average molecular weight is 430 g/mol. The van der Waals surface area contributed by atoms with Gasteiger partial charge in [0.2, 0.25) is 5.88 Å². The molecule has 1 aromatic heterocycles. The highest BCUT2D eigenvalue weighted by atomic mass is 32.1. The van der Waals surface area contributed by atoms with E-state index < -0.39 is 5.56 Å². The second-order valence-corrected chi connectivity index (χ2v) is 6.69. The van der Waals surface area contributed by atoms with Gasteiger partial charge in [-0.05, 0) is 54.3 Å². The van der Waals surface area contributed by atoms with Gasteiger partial charge in [-0.3, -0.25) is 19.8 Å². The van der Waals surface area contributed by atoms with Crippen LogP contribution in [0.3, 0.4) is 0 Å². The van der Waals surface area contributed by atoms with Crippen LogP contribution in [0.4, 0.5) is 10.1 Å². The van der Waals surface area contributed by atoms with Crippen molar-refractivity contribution in [2.24, 2.45) is 5.10 Å². The molecule has 0 fully saturated rings. The number of nitrogens with zero attached hydrogens (tertiary/aromatic N) is 2. The van der Waals surface area contributed by atoms with Crippen LogP contribution in [0.25, 0.3) is 0 Å². The quantitative estimate of drug-likeness (QED) is 0.283. The summed E-state index contributed by atoms with van der Waals surface area (Å²) in [6.07, 6.45) is 1.14. The molecule has 0 amide bonds. The number of anilines is 1. The van der Waals surface area contributed by atoms with Crippen LogP contribution in [-0.4, -0.2) is 26.0 Å². The van der Waals surface area contributed by atoms with Crippen LogP contribution in [-0.2, 0) is 6.54 Å². The average Bonchev–Trinajstić information content (AvgIpc) is 2.70. The first-order valence-electron chi connectivity index (χ1n) is 8.39. The van der Waals surface area contributed by atoms with Gasteiger partial charge in [-0.25, -0.2) is 4.39 Å². The second kappa shape index (κ2) is 9.22. The van der Waals surface area contributed by atoms with E-state index in [9.17, 15) is 14.3 Å². The standard InChI is InChI=1S/C19H16FN5O2S2/c20-13-8-6-12(7-9-13)11-25-17(27)15(16(26)23-19(25)29)10-21-24-18(28)22-14-4-2-1-3-5-14/h1-10,27H,11H2,(H2,22,24,28)(H,23,26,29). The molecule has 0 aliphatic heterocycles. The Bertz CT molecular complexity index is 1160. The van der Waals surface area contributed by atoms with E-state index in [1.54, 1.807) is 12.1 Å². The fraction of sp³-hybridized carbons (Fsp3) is 0.0526. The molecule has 4 N–H and O–H groups in total. The summed E-state index contributed by atoms with van der Waals surface area (Å²) in [5.74, 6) is -0.738. The molecular formula is C19H16FN5O2S2. The molecule has 0 spiro atoms. The fourth-order valence-electron chi connectivity index (χ4n) is 2.45. The molecule has 0 saturated carbocycles. The van der Waals surface area contributed by atoms with E-state index in [1.807, 2.05) is 30.3 Å². The van der Waals surface area contributed by atoms with Gasteiger partial charge < -0.3 is 10.4 Å². The molecule has 29 heavy (non-hydrogen) atoms. The highest BCUT2D eigenvalue weighted by Crippen LogP contribution is 2.14. The lowest BCUT2D eigenvalue weighted by Gasteiger charge is -2.11. The van der Waals surface area contributed by atoms with Crippen molar-refractivity contribution in [2.45, 2.75) is 6.54 Å². The number of aromatic nitrogens is 2. The number of thiocarbonyl (C=S) groups is 1. The molecule has 0 aliphatic carbocycles. The molecule has 7 nitrogen and oxygen atoms in total. The Hall–Kier alpha value is -3.37. The molecule has 148 valence electrons. The van der Waals surface area contributed by atoms with Crippen LogP contribution in [0.1, 0.15) is 11.1 Å². The van der Waals surface area contributed by atoms with E-state index in [0.717, 1.165) is 11.9 Å². The number of H-pyrrole nitrogens is 1. The number of para-hydroxylation sites is 1. The van der Waals surface area contributed by atoms with Crippen molar-refractivity contribution in [2.75, 3.05) is 5.32 Å². The van der Waals surface area contributed by atoms with Gasteiger partial charge in [0, 0.05) is 5.69 Å². The normalized spacial score (nSPS) is 10.8. The topological polar surface area (TPSA) is 94.4 Å². The van der Waals surface area contributed by atoms with Crippen LogP contribution >= 0.6 is 24.4 Å². The number of hydrazone groups is 1. The van der Waals surface area contributed by atoms with E-state index >= 15 is 0 Å². The highest BCUT2D eigenvalue weighted by Gasteiger charge is 2.11. The zero-order valence-corrected chi connectivity index (χ0v) is 16.6. The summed E-state index contributed by atoms with van der Waals surface area (Å²) >= 11 is 10.2. The van der Waals surface area contributed by atoms with Crippen LogP contribution in [0.15, 0.2) is 64.5 Å². The third-order valence-electron chi connectivity index (χ3n) is 3.85. The summed E-state index contributed by atoms with van der Waals surface area (Å²) in [6.45, 7) is 0.143. The highest BCUT2D eigenvalue weighted by molar-refractivity contribution is 7.80. The van der Waals surface area contributed by atoms with E-state index in [1.165, 1.54) is 16.7 Å². The van der Waals surface area contributed by atoms with Crippen molar-refractivity contribution in [3.8, 4) is 5.88 Å². The number of aromatic amines is 1. The summed E-state index contributed by atoms with van der Waals surface area (Å²) in [7, 11) is 0. The lowest BCUT2D eigenvalue weighted by Crippen LogP contribution is -2.25. The van der Waals surface area contributed by atoms with E-state index in [-0.39, 0.29) is 33.7 Å². The van der Waals surface area contributed by atoms with Crippen molar-refractivity contribution in [3.05, 3.63) is 86.7 Å². The number of hydrogen-bond donors (Lipinski definition) is 4. The zero-order chi connectivity index (χ0) is 20.8. The van der Waals surface area contributed by atoms with Gasteiger partial charge in [-0.15, -0.1) is 0 Å².